The van der Waals surface area contributed by atoms with Gasteiger partial charge in [0.15, 0.2) is 0 Å². The van der Waals surface area contributed by atoms with Gasteiger partial charge in [0.05, 0.1) is 0 Å². The van der Waals surface area contributed by atoms with E-state index in [0.717, 1.165) is 11.1 Å². The number of halogens is 3. The molecular formula is C20H23F3O. The number of hydrogen-bond donors (Lipinski definition) is 0. The molecule has 0 aliphatic carbocycles. The van der Waals surface area contributed by atoms with E-state index in [0.29, 0.717) is 11.5 Å². The first-order valence-corrected chi connectivity index (χ1v) is 7.98. The van der Waals surface area contributed by atoms with Crippen molar-refractivity contribution in [2.45, 2.75) is 52.3 Å². The molecule has 0 saturated carbocycles. The van der Waals surface area contributed by atoms with Gasteiger partial charge < -0.3 is 4.74 Å². The van der Waals surface area contributed by atoms with Crippen LogP contribution < -0.4 is 4.74 Å². The van der Waals surface area contributed by atoms with Crippen molar-refractivity contribution in [2.24, 2.45) is 0 Å². The van der Waals surface area contributed by atoms with Crippen LogP contribution in [0.15, 0.2) is 42.5 Å². The number of rotatable bonds is 4. The molecule has 2 aromatic rings. The number of aryl methyl sites for hydroxylation is 1. The maximum atomic E-state index is 12.7. The SMILES string of the molecule is Cc1cc(C(C)(C)c2ccccc2OC(F)(F)F)ccc1C(C)C. The van der Waals surface area contributed by atoms with E-state index in [1.54, 1.807) is 18.2 Å². The van der Waals surface area contributed by atoms with Crippen molar-refractivity contribution < 1.29 is 17.9 Å². The van der Waals surface area contributed by atoms with Gasteiger partial charge >= 0.3 is 6.36 Å². The summed E-state index contributed by atoms with van der Waals surface area (Å²) < 4.78 is 42.3. The Balaban J connectivity index is 2.50. The molecule has 0 aliphatic rings. The Hall–Kier alpha value is -1.97. The highest BCUT2D eigenvalue weighted by atomic mass is 19.4. The van der Waals surface area contributed by atoms with Crippen LogP contribution >= 0.6 is 0 Å². The van der Waals surface area contributed by atoms with Crippen LogP contribution in [0.3, 0.4) is 0 Å². The third-order valence-corrected chi connectivity index (χ3v) is 4.40. The van der Waals surface area contributed by atoms with Crippen molar-refractivity contribution in [3.63, 3.8) is 0 Å². The molecule has 0 amide bonds. The Morgan fingerprint density at radius 3 is 2.12 bits per heavy atom. The molecule has 2 aromatic carbocycles. The third kappa shape index (κ3) is 3.92. The lowest BCUT2D eigenvalue weighted by molar-refractivity contribution is -0.275. The molecule has 0 radical (unpaired) electrons. The second kappa shape index (κ2) is 6.50. The van der Waals surface area contributed by atoms with E-state index in [-0.39, 0.29) is 5.75 Å². The third-order valence-electron chi connectivity index (χ3n) is 4.40. The van der Waals surface area contributed by atoms with E-state index in [4.69, 9.17) is 0 Å². The lowest BCUT2D eigenvalue weighted by Gasteiger charge is -2.29. The Kier molecular flexibility index (Phi) is 4.97. The zero-order valence-electron chi connectivity index (χ0n) is 14.7. The second-order valence-electron chi connectivity index (χ2n) is 6.90. The summed E-state index contributed by atoms with van der Waals surface area (Å²) in [6, 6.07) is 12.4. The predicted octanol–water partition coefficient (Wildman–Crippen LogP) is 6.34. The Bertz CT molecular complexity index is 715. The summed E-state index contributed by atoms with van der Waals surface area (Å²) in [5.41, 5.74) is 3.25. The molecule has 24 heavy (non-hydrogen) atoms. The average Bonchev–Trinajstić information content (AvgIpc) is 2.45. The minimum Gasteiger partial charge on any atom is -0.405 e. The minimum absolute atomic E-state index is 0.152. The number of hydrogen-bond acceptors (Lipinski definition) is 1. The van der Waals surface area contributed by atoms with E-state index >= 15 is 0 Å². The fraction of sp³-hybridized carbons (Fsp3) is 0.400. The number of alkyl halides is 3. The molecule has 0 atom stereocenters. The van der Waals surface area contributed by atoms with Gasteiger partial charge in [0.1, 0.15) is 5.75 Å². The van der Waals surface area contributed by atoms with Crippen LogP contribution in [-0.2, 0) is 5.41 Å². The van der Waals surface area contributed by atoms with Crippen molar-refractivity contribution in [3.05, 3.63) is 64.7 Å². The van der Waals surface area contributed by atoms with Crippen LogP contribution in [0.25, 0.3) is 0 Å². The van der Waals surface area contributed by atoms with Crippen molar-refractivity contribution in [1.29, 1.82) is 0 Å². The van der Waals surface area contributed by atoms with Crippen LogP contribution in [0.2, 0.25) is 0 Å². The molecule has 0 saturated heterocycles. The zero-order chi connectivity index (χ0) is 18.1. The molecule has 2 rings (SSSR count). The lowest BCUT2D eigenvalue weighted by Crippen LogP contribution is -2.24. The summed E-state index contributed by atoms with van der Waals surface area (Å²) in [7, 11) is 0. The standard InChI is InChI=1S/C20H23F3O/c1-13(2)16-11-10-15(12-14(16)3)19(4,5)17-8-6-7-9-18(17)24-20(21,22)23/h6-13H,1-5H3. The summed E-state index contributed by atoms with van der Waals surface area (Å²) in [5, 5.41) is 0. The van der Waals surface area contributed by atoms with Gasteiger partial charge in [0, 0.05) is 11.0 Å². The summed E-state index contributed by atoms with van der Waals surface area (Å²) in [4.78, 5) is 0. The fourth-order valence-electron chi connectivity index (χ4n) is 3.06. The van der Waals surface area contributed by atoms with Gasteiger partial charge in [-0.1, -0.05) is 64.1 Å². The normalized spacial score (nSPS) is 12.5. The molecule has 0 N–H and O–H groups in total. The fourth-order valence-corrected chi connectivity index (χ4v) is 3.06. The number of ether oxygens (including phenoxy) is 1. The summed E-state index contributed by atoms with van der Waals surface area (Å²) in [6.45, 7) is 10.1. The Labute approximate surface area is 141 Å². The number of benzene rings is 2. The molecule has 0 aliphatic heterocycles. The monoisotopic (exact) mass is 336 g/mol. The Morgan fingerprint density at radius 1 is 0.958 bits per heavy atom. The van der Waals surface area contributed by atoms with Gasteiger partial charge in [-0.3, -0.25) is 0 Å². The maximum absolute atomic E-state index is 12.7. The van der Waals surface area contributed by atoms with Crippen LogP contribution in [0.1, 0.15) is 55.9 Å². The Morgan fingerprint density at radius 2 is 1.58 bits per heavy atom. The molecule has 130 valence electrons. The van der Waals surface area contributed by atoms with Gasteiger partial charge in [-0.15, -0.1) is 13.2 Å². The van der Waals surface area contributed by atoms with Gasteiger partial charge in [-0.05, 0) is 35.6 Å². The highest BCUT2D eigenvalue weighted by molar-refractivity contribution is 5.48. The first-order chi connectivity index (χ1) is 11.0. The first kappa shape index (κ1) is 18.4. The molecular weight excluding hydrogens is 313 g/mol. The van der Waals surface area contributed by atoms with Crippen LogP contribution in [0.4, 0.5) is 13.2 Å². The highest BCUT2D eigenvalue weighted by Crippen LogP contribution is 2.39. The average molecular weight is 336 g/mol. The van der Waals surface area contributed by atoms with E-state index in [9.17, 15) is 13.2 Å². The minimum atomic E-state index is -4.70. The van der Waals surface area contributed by atoms with Gasteiger partial charge in [-0.25, -0.2) is 0 Å². The molecule has 1 nitrogen and oxygen atoms in total. The zero-order valence-corrected chi connectivity index (χ0v) is 14.7. The molecule has 0 aromatic heterocycles. The van der Waals surface area contributed by atoms with Gasteiger partial charge in [-0.2, -0.15) is 0 Å². The lowest BCUT2D eigenvalue weighted by atomic mass is 9.76. The van der Waals surface area contributed by atoms with Crippen LogP contribution in [0, 0.1) is 6.92 Å². The van der Waals surface area contributed by atoms with E-state index in [1.165, 1.54) is 11.6 Å². The topological polar surface area (TPSA) is 9.23 Å². The number of para-hydroxylation sites is 1. The van der Waals surface area contributed by atoms with Crippen LogP contribution in [0.5, 0.6) is 5.75 Å². The van der Waals surface area contributed by atoms with Crippen molar-refractivity contribution in [2.75, 3.05) is 0 Å². The summed E-state index contributed by atoms with van der Waals surface area (Å²) in [6.07, 6.45) is -4.70. The molecule has 4 heteroatoms. The van der Waals surface area contributed by atoms with Gasteiger partial charge in [0.2, 0.25) is 0 Å². The van der Waals surface area contributed by atoms with Crippen molar-refractivity contribution in [3.8, 4) is 5.75 Å². The summed E-state index contributed by atoms with van der Waals surface area (Å²) in [5.74, 6) is 0.253. The predicted molar refractivity (Wildman–Crippen MR) is 90.5 cm³/mol. The molecule has 0 unspecified atom stereocenters. The molecule has 0 spiro atoms. The smallest absolute Gasteiger partial charge is 0.405 e. The summed E-state index contributed by atoms with van der Waals surface area (Å²) >= 11 is 0. The second-order valence-corrected chi connectivity index (χ2v) is 6.90. The molecule has 0 heterocycles. The van der Waals surface area contributed by atoms with E-state index in [1.807, 2.05) is 26.8 Å². The maximum Gasteiger partial charge on any atom is 0.573 e. The van der Waals surface area contributed by atoms with E-state index in [2.05, 4.69) is 30.7 Å². The first-order valence-electron chi connectivity index (χ1n) is 7.98. The quantitative estimate of drug-likeness (QED) is 0.633. The van der Waals surface area contributed by atoms with Gasteiger partial charge in [0.25, 0.3) is 0 Å². The molecule has 0 fully saturated rings. The van der Waals surface area contributed by atoms with E-state index < -0.39 is 11.8 Å². The van der Waals surface area contributed by atoms with Crippen LogP contribution in [-0.4, -0.2) is 6.36 Å². The van der Waals surface area contributed by atoms with Crippen molar-refractivity contribution >= 4 is 0 Å². The molecule has 0 bridgehead atoms. The largest absolute Gasteiger partial charge is 0.573 e. The van der Waals surface area contributed by atoms with Crippen molar-refractivity contribution in [1.82, 2.24) is 0 Å². The highest BCUT2D eigenvalue weighted by Gasteiger charge is 2.35.